The van der Waals surface area contributed by atoms with Crippen LogP contribution in [0.15, 0.2) is 72.8 Å². The van der Waals surface area contributed by atoms with E-state index in [0.717, 1.165) is 33.9 Å². The molecule has 0 saturated carbocycles. The third kappa shape index (κ3) is 4.86. The van der Waals surface area contributed by atoms with Gasteiger partial charge >= 0.3 is 0 Å². The molecule has 0 spiro atoms. The van der Waals surface area contributed by atoms with Crippen LogP contribution in [0.4, 0.5) is 5.69 Å². The summed E-state index contributed by atoms with van der Waals surface area (Å²) in [6.45, 7) is 3.04. The normalized spacial score (nSPS) is 16.6. The number of methoxy groups -OCH3 is 1. The molecule has 1 fully saturated rings. The molecule has 7 heteroatoms. The van der Waals surface area contributed by atoms with E-state index < -0.39 is 6.10 Å². The lowest BCUT2D eigenvalue weighted by Crippen LogP contribution is -2.26. The van der Waals surface area contributed by atoms with E-state index >= 15 is 0 Å². The zero-order chi connectivity index (χ0) is 24.4. The Hall–Kier alpha value is -3.84. The number of ether oxygens (including phenoxy) is 2. The van der Waals surface area contributed by atoms with Crippen LogP contribution in [-0.4, -0.2) is 46.9 Å². The Labute approximate surface area is 204 Å². The number of anilines is 1. The highest BCUT2D eigenvalue weighted by atomic mass is 16.5. The lowest BCUT2D eigenvalue weighted by Gasteiger charge is -2.19. The first-order valence-corrected chi connectivity index (χ1v) is 11.8. The summed E-state index contributed by atoms with van der Waals surface area (Å²) in [5.41, 5.74) is 3.82. The smallest absolute Gasteiger partial charge is 0.227 e. The average molecular weight is 472 g/mol. The number of nitrogens with zero attached hydrogens (tertiary/aromatic N) is 3. The van der Waals surface area contributed by atoms with Crippen molar-refractivity contribution in [3.05, 3.63) is 84.2 Å². The van der Waals surface area contributed by atoms with Gasteiger partial charge in [-0.25, -0.2) is 4.98 Å². The Balaban J connectivity index is 1.36. The summed E-state index contributed by atoms with van der Waals surface area (Å²) in [6.07, 6.45) is -0.367. The largest absolute Gasteiger partial charge is 0.497 e. The van der Waals surface area contributed by atoms with Gasteiger partial charge in [0.15, 0.2) is 0 Å². The van der Waals surface area contributed by atoms with E-state index in [9.17, 15) is 9.90 Å². The second-order valence-corrected chi connectivity index (χ2v) is 8.95. The molecule has 5 rings (SSSR count). The molecule has 4 aromatic rings. The third-order valence-electron chi connectivity index (χ3n) is 6.38. The summed E-state index contributed by atoms with van der Waals surface area (Å²) in [4.78, 5) is 19.7. The fourth-order valence-electron chi connectivity index (χ4n) is 4.65. The minimum atomic E-state index is -0.751. The van der Waals surface area contributed by atoms with Crippen LogP contribution in [-0.2, 0) is 11.3 Å². The molecule has 35 heavy (non-hydrogen) atoms. The molecule has 1 saturated heterocycles. The molecule has 1 N–H and O–H groups in total. The predicted octanol–water partition coefficient (Wildman–Crippen LogP) is 4.31. The van der Waals surface area contributed by atoms with Gasteiger partial charge in [0.2, 0.25) is 5.91 Å². The molecule has 180 valence electrons. The Morgan fingerprint density at radius 2 is 1.83 bits per heavy atom. The minimum Gasteiger partial charge on any atom is -0.497 e. The molecular formula is C28H29N3O4. The standard InChI is InChI=1S/C28H29N3O4/c1-19-6-5-7-21(14-19)30-16-20(15-27(30)33)28-29-25-8-3-4-9-26(25)31(28)17-22(32)18-35-24-12-10-23(34-2)11-13-24/h3-14,20,22,32H,15-18H2,1-2H3/t20-,22-/m0/s1. The van der Waals surface area contributed by atoms with Gasteiger partial charge in [0.25, 0.3) is 0 Å². The monoisotopic (exact) mass is 471 g/mol. The van der Waals surface area contributed by atoms with Crippen LogP contribution in [0.5, 0.6) is 11.5 Å². The second kappa shape index (κ2) is 9.80. The van der Waals surface area contributed by atoms with Crippen molar-refractivity contribution in [3.63, 3.8) is 0 Å². The van der Waals surface area contributed by atoms with Gasteiger partial charge in [0.1, 0.15) is 30.0 Å². The fourth-order valence-corrected chi connectivity index (χ4v) is 4.65. The number of fused-ring (bicyclic) bond motifs is 1. The predicted molar refractivity (Wildman–Crippen MR) is 135 cm³/mol. The van der Waals surface area contributed by atoms with Crippen molar-refractivity contribution in [3.8, 4) is 11.5 Å². The van der Waals surface area contributed by atoms with E-state index in [1.54, 1.807) is 7.11 Å². The van der Waals surface area contributed by atoms with Crippen LogP contribution in [0, 0.1) is 6.92 Å². The molecular weight excluding hydrogens is 442 g/mol. The maximum absolute atomic E-state index is 12.9. The highest BCUT2D eigenvalue weighted by molar-refractivity contribution is 5.96. The molecule has 1 aromatic heterocycles. The van der Waals surface area contributed by atoms with Gasteiger partial charge in [0.05, 0.1) is 24.7 Å². The van der Waals surface area contributed by atoms with Crippen LogP contribution < -0.4 is 14.4 Å². The van der Waals surface area contributed by atoms with E-state index in [1.165, 1.54) is 0 Å². The quantitative estimate of drug-likeness (QED) is 0.414. The van der Waals surface area contributed by atoms with Gasteiger partial charge in [-0.15, -0.1) is 0 Å². The first kappa shape index (κ1) is 22.9. The lowest BCUT2D eigenvalue weighted by atomic mass is 10.1. The molecule has 0 radical (unpaired) electrons. The van der Waals surface area contributed by atoms with Crippen LogP contribution in [0.3, 0.4) is 0 Å². The van der Waals surface area contributed by atoms with Crippen molar-refractivity contribution in [2.24, 2.45) is 0 Å². The summed E-state index contributed by atoms with van der Waals surface area (Å²) in [6, 6.07) is 23.1. The van der Waals surface area contributed by atoms with Crippen molar-refractivity contribution >= 4 is 22.6 Å². The highest BCUT2D eigenvalue weighted by Crippen LogP contribution is 2.33. The molecule has 2 heterocycles. The van der Waals surface area contributed by atoms with Crippen LogP contribution in [0.2, 0.25) is 0 Å². The van der Waals surface area contributed by atoms with Gasteiger partial charge < -0.3 is 24.0 Å². The van der Waals surface area contributed by atoms with Gasteiger partial charge in [-0.1, -0.05) is 24.3 Å². The van der Waals surface area contributed by atoms with Crippen molar-refractivity contribution in [2.75, 3.05) is 25.2 Å². The topological polar surface area (TPSA) is 76.8 Å². The maximum Gasteiger partial charge on any atom is 0.227 e. The number of carbonyl (C=O) groups excluding carboxylic acids is 1. The number of aliphatic hydroxyl groups excluding tert-OH is 1. The number of amides is 1. The van der Waals surface area contributed by atoms with Crippen molar-refractivity contribution in [1.82, 2.24) is 9.55 Å². The number of benzene rings is 3. The third-order valence-corrected chi connectivity index (χ3v) is 6.38. The molecule has 2 atom stereocenters. The molecule has 1 amide bonds. The number of aliphatic hydroxyl groups is 1. The van der Waals surface area contributed by atoms with Gasteiger partial charge in [-0.05, 0) is 61.0 Å². The number of hydrogen-bond acceptors (Lipinski definition) is 5. The number of para-hydroxylation sites is 2. The SMILES string of the molecule is COc1ccc(OC[C@@H](O)Cn2c([C@H]3CC(=O)N(c4cccc(C)c4)C3)nc3ccccc32)cc1. The van der Waals surface area contributed by atoms with E-state index in [4.69, 9.17) is 14.5 Å². The number of carbonyl (C=O) groups is 1. The molecule has 7 nitrogen and oxygen atoms in total. The van der Waals surface area contributed by atoms with Gasteiger partial charge in [0, 0.05) is 24.6 Å². The zero-order valence-electron chi connectivity index (χ0n) is 19.9. The molecule has 3 aromatic carbocycles. The van der Waals surface area contributed by atoms with E-state index in [1.807, 2.05) is 89.2 Å². The van der Waals surface area contributed by atoms with Gasteiger partial charge in [-0.3, -0.25) is 4.79 Å². The number of hydrogen-bond donors (Lipinski definition) is 1. The average Bonchev–Trinajstić information content (AvgIpc) is 3.43. The highest BCUT2D eigenvalue weighted by Gasteiger charge is 2.35. The van der Waals surface area contributed by atoms with Crippen LogP contribution in [0.1, 0.15) is 23.7 Å². The summed E-state index contributed by atoms with van der Waals surface area (Å²) in [7, 11) is 1.62. The first-order chi connectivity index (χ1) is 17.0. The Bertz CT molecular complexity index is 1330. The van der Waals surface area contributed by atoms with Crippen LogP contribution in [0.25, 0.3) is 11.0 Å². The van der Waals surface area contributed by atoms with Crippen molar-refractivity contribution in [1.29, 1.82) is 0 Å². The van der Waals surface area contributed by atoms with E-state index in [2.05, 4.69) is 0 Å². The number of rotatable bonds is 8. The van der Waals surface area contributed by atoms with Crippen molar-refractivity contribution < 1.29 is 19.4 Å². The number of imidazole rings is 1. The summed E-state index contributed by atoms with van der Waals surface area (Å²) >= 11 is 0. The first-order valence-electron chi connectivity index (χ1n) is 11.8. The van der Waals surface area contributed by atoms with E-state index in [-0.39, 0.29) is 18.4 Å². The molecule has 0 aliphatic carbocycles. The maximum atomic E-state index is 12.9. The number of aryl methyl sites for hydroxylation is 1. The molecule has 1 aliphatic heterocycles. The molecule has 0 unspecified atom stereocenters. The Morgan fingerprint density at radius 1 is 1.06 bits per heavy atom. The van der Waals surface area contributed by atoms with Crippen LogP contribution >= 0.6 is 0 Å². The summed E-state index contributed by atoms with van der Waals surface area (Å²) in [5.74, 6) is 2.25. The molecule has 1 aliphatic rings. The second-order valence-electron chi connectivity index (χ2n) is 8.95. The van der Waals surface area contributed by atoms with Gasteiger partial charge in [-0.2, -0.15) is 0 Å². The fraction of sp³-hybridized carbons (Fsp3) is 0.286. The van der Waals surface area contributed by atoms with Crippen molar-refractivity contribution in [2.45, 2.75) is 31.9 Å². The summed E-state index contributed by atoms with van der Waals surface area (Å²) < 4.78 is 13.0. The minimum absolute atomic E-state index is 0.0647. The number of aromatic nitrogens is 2. The summed E-state index contributed by atoms with van der Waals surface area (Å²) in [5, 5.41) is 10.8. The lowest BCUT2D eigenvalue weighted by molar-refractivity contribution is -0.117. The Morgan fingerprint density at radius 3 is 2.60 bits per heavy atom. The zero-order valence-corrected chi connectivity index (χ0v) is 19.9. The molecule has 0 bridgehead atoms. The Kier molecular flexibility index (Phi) is 6.42. The van der Waals surface area contributed by atoms with E-state index in [0.29, 0.717) is 25.3 Å².